The van der Waals surface area contributed by atoms with Crippen molar-refractivity contribution in [3.8, 4) is 0 Å². The van der Waals surface area contributed by atoms with Gasteiger partial charge in [0.05, 0.1) is 0 Å². The minimum atomic E-state index is -1.76. The van der Waals surface area contributed by atoms with Crippen molar-refractivity contribution in [2.75, 3.05) is 6.16 Å². The van der Waals surface area contributed by atoms with Gasteiger partial charge in [-0.2, -0.15) is 0 Å². The molecule has 0 spiro atoms. The van der Waals surface area contributed by atoms with Crippen molar-refractivity contribution >= 4 is 43.2 Å². The van der Waals surface area contributed by atoms with Gasteiger partial charge in [0.15, 0.2) is 0 Å². The van der Waals surface area contributed by atoms with E-state index in [0.717, 1.165) is 6.41 Å². The first kappa shape index (κ1) is 21.1. The second kappa shape index (κ2) is 6.33. The van der Waals surface area contributed by atoms with Gasteiger partial charge in [0.25, 0.3) is 0 Å². The van der Waals surface area contributed by atoms with E-state index in [1.54, 1.807) is 0 Å². The second-order valence-corrected chi connectivity index (χ2v) is 16.7. The van der Waals surface area contributed by atoms with Crippen LogP contribution < -0.4 is 0 Å². The van der Waals surface area contributed by atoms with Gasteiger partial charge in [-0.3, -0.25) is 0 Å². The fourth-order valence-corrected chi connectivity index (χ4v) is 12.8. The summed E-state index contributed by atoms with van der Waals surface area (Å²) in [6.45, 7) is 24.3. The fraction of sp³-hybridized carbons (Fsp3) is 1.00. The van der Waals surface area contributed by atoms with E-state index in [0.29, 0.717) is 6.69 Å². The zero-order valence-electron chi connectivity index (χ0n) is 15.4. The molecule has 0 amide bonds. The van der Waals surface area contributed by atoms with Crippen LogP contribution in [0.1, 0.15) is 69.2 Å². The molecule has 0 N–H and O–H groups in total. The van der Waals surface area contributed by atoms with Crippen molar-refractivity contribution in [1.82, 2.24) is 0 Å². The molecular formula is C15H35B2Cl2P. The zero-order valence-corrected chi connectivity index (χ0v) is 17.9. The molecule has 0 unspecified atom stereocenters. The quantitative estimate of drug-likeness (QED) is 0.458. The Morgan fingerprint density at radius 3 is 1.25 bits per heavy atom. The Balaban J connectivity index is 5.96. The fourth-order valence-electron chi connectivity index (χ4n) is 3.28. The predicted octanol–water partition coefficient (Wildman–Crippen LogP) is 5.65. The third-order valence-corrected chi connectivity index (χ3v) is 15.4. The molecule has 0 nitrogen and oxygen atoms in total. The molecule has 0 aliphatic heterocycles. The van der Waals surface area contributed by atoms with Gasteiger partial charge in [-0.05, 0) is 0 Å². The van der Waals surface area contributed by atoms with Gasteiger partial charge in [-0.15, -0.1) is 0 Å². The van der Waals surface area contributed by atoms with Crippen LogP contribution in [0.15, 0.2) is 0 Å². The van der Waals surface area contributed by atoms with Crippen LogP contribution in [0.5, 0.6) is 0 Å². The summed E-state index contributed by atoms with van der Waals surface area (Å²) < 4.78 is 0. The van der Waals surface area contributed by atoms with Gasteiger partial charge < -0.3 is 0 Å². The third-order valence-electron chi connectivity index (χ3n) is 5.90. The molecule has 0 saturated heterocycles. The molecule has 0 bridgehead atoms. The molecule has 0 aliphatic carbocycles. The van der Waals surface area contributed by atoms with E-state index in [2.05, 4.69) is 69.2 Å². The molecule has 5 heteroatoms. The van der Waals surface area contributed by atoms with E-state index in [1.807, 2.05) is 0 Å². The van der Waals surface area contributed by atoms with Crippen LogP contribution in [0.25, 0.3) is 0 Å². The predicted molar refractivity (Wildman–Crippen MR) is 107 cm³/mol. The van der Waals surface area contributed by atoms with Crippen molar-refractivity contribution in [3.63, 3.8) is 0 Å². The summed E-state index contributed by atoms with van der Waals surface area (Å²) in [7, 11) is -1.76. The van der Waals surface area contributed by atoms with Gasteiger partial charge in [-0.25, -0.2) is 0 Å². The van der Waals surface area contributed by atoms with Gasteiger partial charge in [0, 0.05) is 0 Å². The van der Waals surface area contributed by atoms with Gasteiger partial charge in [0.1, 0.15) is 0 Å². The summed E-state index contributed by atoms with van der Waals surface area (Å²) >= 11 is 13.1. The average Bonchev–Trinajstić information content (AvgIpc) is 2.20. The van der Waals surface area contributed by atoms with Gasteiger partial charge >= 0.3 is 140 Å². The van der Waals surface area contributed by atoms with Crippen molar-refractivity contribution in [2.24, 2.45) is 5.41 Å². The first-order chi connectivity index (χ1) is 8.58. The van der Waals surface area contributed by atoms with Crippen molar-refractivity contribution in [1.29, 1.82) is 0 Å². The average molecular weight is 339 g/mol. The van der Waals surface area contributed by atoms with Crippen LogP contribution in [0, 0.1) is 5.41 Å². The van der Waals surface area contributed by atoms with Crippen LogP contribution in [0.4, 0.5) is 0 Å². The first-order valence-electron chi connectivity index (χ1n) is 7.70. The summed E-state index contributed by atoms with van der Waals surface area (Å²) in [6, 6.07) is 0. The monoisotopic (exact) mass is 338 g/mol. The van der Waals surface area contributed by atoms with E-state index in [9.17, 15) is 0 Å². The molecule has 1 atom stereocenters. The minimum absolute atomic E-state index is 0.121. The summed E-state index contributed by atoms with van der Waals surface area (Å²) in [4.78, 5) is 0. The summed E-state index contributed by atoms with van der Waals surface area (Å²) in [5, 5.41) is 0.660. The number of rotatable bonds is 4. The Labute approximate surface area is 139 Å². The Morgan fingerprint density at radius 2 is 1.10 bits per heavy atom. The molecular weight excluding hydrogens is 304 g/mol. The first-order valence-corrected chi connectivity index (χ1v) is 11.2. The van der Waals surface area contributed by atoms with Gasteiger partial charge in [0.2, 0.25) is 0 Å². The van der Waals surface area contributed by atoms with Crippen LogP contribution in [-0.2, 0) is 0 Å². The van der Waals surface area contributed by atoms with Crippen molar-refractivity contribution < 1.29 is 0 Å². The molecule has 0 fully saturated rings. The molecule has 0 aromatic heterocycles. The number of halogens is 2. The molecule has 0 heterocycles. The second-order valence-electron chi connectivity index (χ2n) is 9.84. The molecule has 0 radical (unpaired) electrons. The van der Waals surface area contributed by atoms with E-state index < -0.39 is 7.14 Å². The topological polar surface area (TPSA) is 0 Å². The van der Waals surface area contributed by atoms with E-state index in [1.165, 1.54) is 6.16 Å². The van der Waals surface area contributed by atoms with Crippen LogP contribution in [0.3, 0.4) is 0 Å². The van der Waals surface area contributed by atoms with E-state index >= 15 is 0 Å². The molecule has 120 valence electrons. The summed E-state index contributed by atoms with van der Waals surface area (Å²) in [6.07, 6.45) is 1.99. The number of hydrogen-bond donors (Lipinski definition) is 0. The van der Waals surface area contributed by atoms with Crippen molar-refractivity contribution in [3.05, 3.63) is 0 Å². The van der Waals surface area contributed by atoms with Crippen molar-refractivity contribution in [2.45, 2.75) is 84.9 Å². The molecule has 0 aromatic carbocycles. The number of hydrogen-bond acceptors (Lipinski definition) is 0. The Morgan fingerprint density at radius 1 is 0.750 bits per heavy atom. The van der Waals surface area contributed by atoms with Gasteiger partial charge in [-0.1, -0.05) is 0 Å². The SMILES string of the molecule is CC(C)(C)[C@](C)(BCl)C[PH](BCl)(C(C)(C)C)C(C)(C)C. The van der Waals surface area contributed by atoms with Crippen LogP contribution >= 0.6 is 30.1 Å². The standard InChI is InChI=1S/C15H35B2Cl2P/c1-12(2,3)15(10,16-18)11-20(17-19,13(4,5)6)14(7,8)9/h16-17,20H,11H2,1-10H3/t15-/m1/s1. The van der Waals surface area contributed by atoms with Crippen LogP contribution in [0.2, 0.25) is 5.31 Å². The van der Waals surface area contributed by atoms with E-state index in [4.69, 9.17) is 22.9 Å². The maximum absolute atomic E-state index is 6.63. The Hall–Kier alpha value is 1.14. The zero-order chi connectivity index (χ0) is 16.6. The summed E-state index contributed by atoms with van der Waals surface area (Å²) in [5.41, 5.74) is 0.190. The summed E-state index contributed by atoms with van der Waals surface area (Å²) in [5.74, 6) is 0. The molecule has 0 saturated carbocycles. The normalized spacial score (nSPS) is 18.4. The molecule has 0 aromatic rings. The van der Waals surface area contributed by atoms with E-state index in [-0.39, 0.29) is 21.0 Å². The molecule has 0 aliphatic rings. The molecule has 0 rings (SSSR count). The Bertz CT molecular complexity index is 312. The van der Waals surface area contributed by atoms with Crippen LogP contribution in [-0.4, -0.2) is 29.6 Å². The molecule has 20 heavy (non-hydrogen) atoms. The maximum atomic E-state index is 6.63. The third kappa shape index (κ3) is 3.91. The Kier molecular flexibility index (Phi) is 6.69.